The highest BCUT2D eigenvalue weighted by Gasteiger charge is 2.29. The van der Waals surface area contributed by atoms with Crippen LogP contribution in [0, 0.1) is 13.8 Å². The van der Waals surface area contributed by atoms with Crippen LogP contribution in [0.25, 0.3) is 11.5 Å². The van der Waals surface area contributed by atoms with Crippen molar-refractivity contribution in [1.29, 1.82) is 0 Å². The molecule has 2 heterocycles. The molecule has 3 rings (SSSR count). The maximum Gasteiger partial charge on any atom is 0.277 e. The average Bonchev–Trinajstić information content (AvgIpc) is 3.01. The summed E-state index contributed by atoms with van der Waals surface area (Å²) in [6, 6.07) is 6.78. The van der Waals surface area contributed by atoms with Crippen molar-refractivity contribution in [1.82, 2.24) is 15.1 Å². The summed E-state index contributed by atoms with van der Waals surface area (Å²) in [5, 5.41) is 8.65. The third kappa shape index (κ3) is 4.24. The van der Waals surface area contributed by atoms with Crippen LogP contribution >= 0.6 is 11.8 Å². The van der Waals surface area contributed by atoms with Crippen LogP contribution in [-0.2, 0) is 4.79 Å². The summed E-state index contributed by atoms with van der Waals surface area (Å²) in [6.45, 7) is 8.34. The number of carbonyl (C=O) groups excluding carboxylic acids is 1. The van der Waals surface area contributed by atoms with Gasteiger partial charge in [-0.3, -0.25) is 4.79 Å². The Morgan fingerprint density at radius 3 is 2.44 bits per heavy atom. The number of hydrogen-bond donors (Lipinski definition) is 0. The van der Waals surface area contributed by atoms with Gasteiger partial charge < -0.3 is 9.32 Å². The molecule has 0 aliphatic carbocycles. The molecule has 1 amide bonds. The molecule has 0 saturated carbocycles. The first kappa shape index (κ1) is 18.0. The lowest BCUT2D eigenvalue weighted by molar-refractivity contribution is -0.134. The third-order valence-electron chi connectivity index (χ3n) is 4.68. The van der Waals surface area contributed by atoms with Gasteiger partial charge in [0.2, 0.25) is 11.8 Å². The summed E-state index contributed by atoms with van der Waals surface area (Å²) in [5.74, 6) is 0.987. The van der Waals surface area contributed by atoms with Gasteiger partial charge in [-0.15, -0.1) is 10.2 Å². The summed E-state index contributed by atoms with van der Waals surface area (Å²) in [5.41, 5.74) is 3.23. The molecule has 0 N–H and O–H groups in total. The minimum atomic E-state index is 0.149. The highest BCUT2D eigenvalue weighted by atomic mass is 32.2. The molecule has 6 heteroatoms. The molecule has 134 valence electrons. The van der Waals surface area contributed by atoms with Crippen molar-refractivity contribution in [3.05, 3.63) is 29.3 Å². The average molecular weight is 359 g/mol. The lowest BCUT2D eigenvalue weighted by Crippen LogP contribution is -2.48. The SMILES string of the molecule is Cc1cc(C)cc(-c2nnc(SCC(=O)N3[C@@H](C)CCC[C@@H]3C)o2)c1. The van der Waals surface area contributed by atoms with Crippen LogP contribution < -0.4 is 0 Å². The Morgan fingerprint density at radius 2 is 1.80 bits per heavy atom. The monoisotopic (exact) mass is 359 g/mol. The van der Waals surface area contributed by atoms with Crippen molar-refractivity contribution in [2.24, 2.45) is 0 Å². The molecular formula is C19H25N3O2S. The first-order valence-corrected chi connectivity index (χ1v) is 9.78. The van der Waals surface area contributed by atoms with Crippen molar-refractivity contribution in [3.8, 4) is 11.5 Å². The fraction of sp³-hybridized carbons (Fsp3) is 0.526. The number of likely N-dealkylation sites (tertiary alicyclic amines) is 1. The normalized spacial score (nSPS) is 20.7. The minimum absolute atomic E-state index is 0.149. The molecule has 5 nitrogen and oxygen atoms in total. The second-order valence-electron chi connectivity index (χ2n) is 6.97. The van der Waals surface area contributed by atoms with Gasteiger partial charge >= 0.3 is 0 Å². The van der Waals surface area contributed by atoms with Gasteiger partial charge in [-0.05, 0) is 59.1 Å². The number of aryl methyl sites for hydroxylation is 2. The Bertz CT molecular complexity index is 729. The highest BCUT2D eigenvalue weighted by molar-refractivity contribution is 7.99. The van der Waals surface area contributed by atoms with Crippen molar-refractivity contribution in [3.63, 3.8) is 0 Å². The van der Waals surface area contributed by atoms with E-state index in [9.17, 15) is 4.79 Å². The number of carbonyl (C=O) groups is 1. The zero-order chi connectivity index (χ0) is 18.0. The largest absolute Gasteiger partial charge is 0.411 e. The van der Waals surface area contributed by atoms with Gasteiger partial charge in [-0.2, -0.15) is 0 Å². The number of amides is 1. The number of benzene rings is 1. The molecule has 25 heavy (non-hydrogen) atoms. The van der Waals surface area contributed by atoms with Crippen molar-refractivity contribution < 1.29 is 9.21 Å². The van der Waals surface area contributed by atoms with Crippen LogP contribution in [0.2, 0.25) is 0 Å². The van der Waals surface area contributed by atoms with Gasteiger partial charge in [0.05, 0.1) is 5.75 Å². The molecule has 1 aliphatic heterocycles. The van der Waals surface area contributed by atoms with E-state index < -0.39 is 0 Å². The van der Waals surface area contributed by atoms with E-state index in [4.69, 9.17) is 4.42 Å². The third-order valence-corrected chi connectivity index (χ3v) is 5.48. The van der Waals surface area contributed by atoms with Gasteiger partial charge in [0.25, 0.3) is 5.22 Å². The number of hydrogen-bond acceptors (Lipinski definition) is 5. The van der Waals surface area contributed by atoms with Crippen LogP contribution in [0.4, 0.5) is 0 Å². The van der Waals surface area contributed by atoms with E-state index in [2.05, 4.69) is 30.1 Å². The van der Waals surface area contributed by atoms with Gasteiger partial charge in [-0.1, -0.05) is 29.0 Å². The van der Waals surface area contributed by atoms with E-state index >= 15 is 0 Å². The number of rotatable bonds is 4. The minimum Gasteiger partial charge on any atom is -0.411 e. The van der Waals surface area contributed by atoms with E-state index in [0.717, 1.165) is 29.5 Å². The summed E-state index contributed by atoms with van der Waals surface area (Å²) < 4.78 is 5.74. The molecule has 1 aromatic heterocycles. The molecule has 0 bridgehead atoms. The topological polar surface area (TPSA) is 59.2 Å². The Balaban J connectivity index is 1.64. The quantitative estimate of drug-likeness (QED) is 0.764. The van der Waals surface area contributed by atoms with Crippen LogP contribution in [-0.4, -0.2) is 38.8 Å². The zero-order valence-electron chi connectivity index (χ0n) is 15.3. The molecule has 0 radical (unpaired) electrons. The summed E-state index contributed by atoms with van der Waals surface area (Å²) >= 11 is 1.32. The molecule has 2 atom stereocenters. The predicted octanol–water partition coefficient (Wildman–Crippen LogP) is 4.24. The second-order valence-corrected chi connectivity index (χ2v) is 7.89. The number of thioether (sulfide) groups is 1. The van der Waals surface area contributed by atoms with E-state index in [1.54, 1.807) is 0 Å². The van der Waals surface area contributed by atoms with Gasteiger partial charge in [0.1, 0.15) is 0 Å². The molecule has 1 fully saturated rings. The maximum atomic E-state index is 12.6. The first-order valence-electron chi connectivity index (χ1n) is 8.80. The number of aromatic nitrogens is 2. The van der Waals surface area contributed by atoms with Crippen molar-refractivity contribution in [2.75, 3.05) is 5.75 Å². The van der Waals surface area contributed by atoms with Gasteiger partial charge in [-0.25, -0.2) is 0 Å². The molecule has 1 aromatic carbocycles. The first-order chi connectivity index (χ1) is 11.9. The predicted molar refractivity (Wildman–Crippen MR) is 99.6 cm³/mol. The Hall–Kier alpha value is -1.82. The Labute approximate surface area is 153 Å². The molecule has 1 aliphatic rings. The molecule has 1 saturated heterocycles. The lowest BCUT2D eigenvalue weighted by atomic mass is 9.98. The second kappa shape index (κ2) is 7.60. The van der Waals surface area contributed by atoms with Crippen LogP contribution in [0.3, 0.4) is 0 Å². The zero-order valence-corrected chi connectivity index (χ0v) is 16.1. The summed E-state index contributed by atoms with van der Waals surface area (Å²) in [6.07, 6.45) is 3.36. The van der Waals surface area contributed by atoms with E-state index in [0.29, 0.717) is 29.0 Å². The fourth-order valence-electron chi connectivity index (χ4n) is 3.59. The molecule has 2 aromatic rings. The maximum absolute atomic E-state index is 12.6. The van der Waals surface area contributed by atoms with Gasteiger partial charge in [0.15, 0.2) is 0 Å². The van der Waals surface area contributed by atoms with Crippen LogP contribution in [0.5, 0.6) is 0 Å². The lowest BCUT2D eigenvalue weighted by Gasteiger charge is -2.39. The highest BCUT2D eigenvalue weighted by Crippen LogP contribution is 2.27. The van der Waals surface area contributed by atoms with Crippen molar-refractivity contribution >= 4 is 17.7 Å². The Morgan fingerprint density at radius 1 is 1.16 bits per heavy atom. The molecule has 0 unspecified atom stereocenters. The van der Waals surface area contributed by atoms with Crippen LogP contribution in [0.15, 0.2) is 27.8 Å². The smallest absolute Gasteiger partial charge is 0.277 e. The standard InChI is InChI=1S/C19H25N3O2S/c1-12-8-13(2)10-16(9-12)18-20-21-19(24-18)25-11-17(23)22-14(3)6-5-7-15(22)4/h8-10,14-15H,5-7,11H2,1-4H3/t14-,15-/m0/s1. The van der Waals surface area contributed by atoms with E-state index in [-0.39, 0.29) is 5.91 Å². The molecular weight excluding hydrogens is 334 g/mol. The Kier molecular flexibility index (Phi) is 5.47. The van der Waals surface area contributed by atoms with E-state index in [1.165, 1.54) is 18.2 Å². The van der Waals surface area contributed by atoms with E-state index in [1.807, 2.05) is 30.9 Å². The van der Waals surface area contributed by atoms with Crippen molar-refractivity contribution in [2.45, 2.75) is 64.3 Å². The van der Waals surface area contributed by atoms with Crippen LogP contribution in [0.1, 0.15) is 44.2 Å². The number of nitrogens with zero attached hydrogens (tertiary/aromatic N) is 3. The number of piperidine rings is 1. The molecule has 0 spiro atoms. The van der Waals surface area contributed by atoms with Gasteiger partial charge in [0, 0.05) is 17.6 Å². The fourth-order valence-corrected chi connectivity index (χ4v) is 4.23. The summed E-state index contributed by atoms with van der Waals surface area (Å²) in [7, 11) is 0. The summed E-state index contributed by atoms with van der Waals surface area (Å²) in [4.78, 5) is 14.6.